The van der Waals surface area contributed by atoms with Gasteiger partial charge < -0.3 is 10.0 Å². The smallest absolute Gasteiger partial charge is 0.308 e. The molecular weight excluding hydrogens is 238 g/mol. The first kappa shape index (κ1) is 14.4. The Morgan fingerprint density at radius 3 is 2.59 bits per heavy atom. The molecule has 98 valence electrons. The molecule has 1 aliphatic carbocycles. The lowest BCUT2D eigenvalue weighted by atomic mass is 10.1. The summed E-state index contributed by atoms with van der Waals surface area (Å²) in [5.74, 6) is 0.259. The van der Waals surface area contributed by atoms with Crippen molar-refractivity contribution in [3.05, 3.63) is 0 Å². The summed E-state index contributed by atoms with van der Waals surface area (Å²) >= 11 is 1.63. The Kier molecular flexibility index (Phi) is 5.82. The zero-order valence-corrected chi connectivity index (χ0v) is 11.3. The topological polar surface area (TPSA) is 57.6 Å². The number of carboxylic acids is 1. The van der Waals surface area contributed by atoms with E-state index in [1.807, 2.05) is 0 Å². The van der Waals surface area contributed by atoms with Crippen LogP contribution in [0.4, 0.5) is 0 Å². The van der Waals surface area contributed by atoms with Crippen LogP contribution in [0.5, 0.6) is 0 Å². The van der Waals surface area contributed by atoms with Crippen molar-refractivity contribution in [3.63, 3.8) is 0 Å². The van der Waals surface area contributed by atoms with E-state index in [4.69, 9.17) is 5.11 Å². The maximum absolute atomic E-state index is 12.0. The van der Waals surface area contributed by atoms with Crippen LogP contribution >= 0.6 is 11.8 Å². The molecule has 1 unspecified atom stereocenters. The normalized spacial score (nSPS) is 16.6. The van der Waals surface area contributed by atoms with Gasteiger partial charge in [-0.1, -0.05) is 13.8 Å². The van der Waals surface area contributed by atoms with Gasteiger partial charge in [0, 0.05) is 12.6 Å². The quantitative estimate of drug-likeness (QED) is 0.676. The molecule has 0 saturated heterocycles. The fourth-order valence-corrected chi connectivity index (χ4v) is 2.37. The van der Waals surface area contributed by atoms with Gasteiger partial charge in [-0.2, -0.15) is 11.8 Å². The Labute approximate surface area is 107 Å². The fourth-order valence-electron chi connectivity index (χ4n) is 1.60. The lowest BCUT2D eigenvalue weighted by molar-refractivity contribution is -0.142. The zero-order chi connectivity index (χ0) is 12.8. The van der Waals surface area contributed by atoms with Crippen molar-refractivity contribution in [2.75, 3.05) is 18.1 Å². The molecule has 1 amide bonds. The van der Waals surface area contributed by atoms with Crippen molar-refractivity contribution >= 4 is 23.6 Å². The number of amides is 1. The zero-order valence-electron chi connectivity index (χ0n) is 10.5. The Bertz CT molecular complexity index is 279. The van der Waals surface area contributed by atoms with E-state index in [2.05, 4.69) is 6.92 Å². The van der Waals surface area contributed by atoms with Gasteiger partial charge >= 0.3 is 5.97 Å². The first-order valence-electron chi connectivity index (χ1n) is 6.16. The lowest BCUT2D eigenvalue weighted by Gasteiger charge is -2.24. The summed E-state index contributed by atoms with van der Waals surface area (Å²) in [7, 11) is 0. The van der Waals surface area contributed by atoms with Crippen LogP contribution in [0.2, 0.25) is 0 Å². The highest BCUT2D eigenvalue weighted by Gasteiger charge is 2.34. The van der Waals surface area contributed by atoms with E-state index in [9.17, 15) is 9.59 Å². The van der Waals surface area contributed by atoms with Gasteiger partial charge in [0.05, 0.1) is 11.7 Å². The van der Waals surface area contributed by atoms with Gasteiger partial charge in [-0.15, -0.1) is 0 Å². The maximum Gasteiger partial charge on any atom is 0.308 e. The summed E-state index contributed by atoms with van der Waals surface area (Å²) in [5.41, 5.74) is 0. The van der Waals surface area contributed by atoms with Gasteiger partial charge in [-0.3, -0.25) is 9.59 Å². The third-order valence-electron chi connectivity index (χ3n) is 2.77. The molecule has 1 fully saturated rings. The van der Waals surface area contributed by atoms with Crippen molar-refractivity contribution in [1.29, 1.82) is 0 Å². The van der Waals surface area contributed by atoms with Crippen molar-refractivity contribution in [2.45, 2.75) is 39.2 Å². The molecule has 1 aliphatic rings. The van der Waals surface area contributed by atoms with E-state index in [1.54, 1.807) is 23.6 Å². The Morgan fingerprint density at radius 2 is 2.12 bits per heavy atom. The summed E-state index contributed by atoms with van der Waals surface area (Å²) in [4.78, 5) is 24.6. The molecule has 0 spiro atoms. The third-order valence-corrected chi connectivity index (χ3v) is 3.92. The van der Waals surface area contributed by atoms with E-state index in [1.165, 1.54) is 0 Å². The molecule has 0 aromatic rings. The molecule has 1 atom stereocenters. The van der Waals surface area contributed by atoms with Gasteiger partial charge in [0.15, 0.2) is 0 Å². The first-order valence-corrected chi connectivity index (χ1v) is 7.31. The van der Waals surface area contributed by atoms with Crippen LogP contribution in [0, 0.1) is 5.92 Å². The minimum atomic E-state index is -0.829. The van der Waals surface area contributed by atoms with Gasteiger partial charge in [-0.05, 0) is 25.0 Å². The summed E-state index contributed by atoms with van der Waals surface area (Å²) in [6.07, 6.45) is 3.11. The minimum Gasteiger partial charge on any atom is -0.481 e. The second-order valence-electron chi connectivity index (χ2n) is 4.57. The van der Waals surface area contributed by atoms with Crippen molar-refractivity contribution in [1.82, 2.24) is 4.90 Å². The van der Waals surface area contributed by atoms with Gasteiger partial charge in [-0.25, -0.2) is 0 Å². The number of hydrogen-bond acceptors (Lipinski definition) is 3. The van der Waals surface area contributed by atoms with Crippen LogP contribution in [0.25, 0.3) is 0 Å². The molecule has 4 nitrogen and oxygen atoms in total. The molecule has 0 heterocycles. The van der Waals surface area contributed by atoms with Gasteiger partial charge in [0.1, 0.15) is 0 Å². The highest BCUT2D eigenvalue weighted by atomic mass is 32.2. The standard InChI is InChI=1S/C12H21NO3S/c1-3-6-17-8-11(14)13(10-4-5-10)7-9(2)12(15)16/h9-10H,3-8H2,1-2H3,(H,15,16). The first-order chi connectivity index (χ1) is 8.06. The molecule has 0 aromatic carbocycles. The fraction of sp³-hybridized carbons (Fsp3) is 0.833. The highest BCUT2D eigenvalue weighted by molar-refractivity contribution is 7.99. The van der Waals surface area contributed by atoms with Gasteiger partial charge in [0.2, 0.25) is 5.91 Å². The largest absolute Gasteiger partial charge is 0.481 e. The van der Waals surface area contributed by atoms with Crippen LogP contribution in [0.3, 0.4) is 0 Å². The van der Waals surface area contributed by atoms with Crippen LogP contribution in [0.15, 0.2) is 0 Å². The van der Waals surface area contributed by atoms with E-state index < -0.39 is 11.9 Å². The molecular formula is C12H21NO3S. The van der Waals surface area contributed by atoms with E-state index in [0.29, 0.717) is 18.3 Å². The highest BCUT2D eigenvalue weighted by Crippen LogP contribution is 2.28. The molecule has 1 rings (SSSR count). The van der Waals surface area contributed by atoms with Crippen molar-refractivity contribution in [2.24, 2.45) is 5.92 Å². The molecule has 0 radical (unpaired) electrons. The number of carboxylic acid groups (broad SMARTS) is 1. The molecule has 5 heteroatoms. The second kappa shape index (κ2) is 6.89. The molecule has 17 heavy (non-hydrogen) atoms. The lowest BCUT2D eigenvalue weighted by Crippen LogP contribution is -2.39. The average molecular weight is 259 g/mol. The van der Waals surface area contributed by atoms with Crippen LogP contribution in [0.1, 0.15) is 33.1 Å². The number of thioether (sulfide) groups is 1. The Balaban J connectivity index is 2.42. The molecule has 0 aromatic heterocycles. The second-order valence-corrected chi connectivity index (χ2v) is 5.67. The van der Waals surface area contributed by atoms with Crippen LogP contribution < -0.4 is 0 Å². The Morgan fingerprint density at radius 1 is 1.47 bits per heavy atom. The number of carbonyl (C=O) groups excluding carboxylic acids is 1. The van der Waals surface area contributed by atoms with Crippen molar-refractivity contribution < 1.29 is 14.7 Å². The monoisotopic (exact) mass is 259 g/mol. The molecule has 0 bridgehead atoms. The molecule has 1 N–H and O–H groups in total. The number of aliphatic carboxylic acids is 1. The third kappa shape index (κ3) is 4.98. The molecule has 0 aliphatic heterocycles. The summed E-state index contributed by atoms with van der Waals surface area (Å²) in [5, 5.41) is 8.89. The SMILES string of the molecule is CCCSCC(=O)N(CC(C)C(=O)O)C1CC1. The van der Waals surface area contributed by atoms with Gasteiger partial charge in [0.25, 0.3) is 0 Å². The van der Waals surface area contributed by atoms with Crippen LogP contribution in [-0.2, 0) is 9.59 Å². The van der Waals surface area contributed by atoms with E-state index in [-0.39, 0.29) is 5.91 Å². The number of hydrogen-bond donors (Lipinski definition) is 1. The van der Waals surface area contributed by atoms with Crippen molar-refractivity contribution in [3.8, 4) is 0 Å². The Hall–Kier alpha value is -0.710. The average Bonchev–Trinajstić information content (AvgIpc) is 3.09. The summed E-state index contributed by atoms with van der Waals surface area (Å²) < 4.78 is 0. The number of rotatable bonds is 8. The maximum atomic E-state index is 12.0. The number of nitrogens with zero attached hydrogens (tertiary/aromatic N) is 1. The minimum absolute atomic E-state index is 0.0963. The van der Waals surface area contributed by atoms with Crippen LogP contribution in [-0.4, -0.2) is 46.0 Å². The summed E-state index contributed by atoms with van der Waals surface area (Å²) in [6.45, 7) is 4.10. The van der Waals surface area contributed by atoms with E-state index >= 15 is 0 Å². The van der Waals surface area contributed by atoms with E-state index in [0.717, 1.165) is 25.0 Å². The summed E-state index contributed by atoms with van der Waals surface area (Å²) in [6, 6.07) is 0.298. The predicted octanol–water partition coefficient (Wildman–Crippen LogP) is 1.84. The molecule has 1 saturated carbocycles. The predicted molar refractivity (Wildman–Crippen MR) is 69.2 cm³/mol. The number of carbonyl (C=O) groups is 2.